The Bertz CT molecular complexity index is 1380. The molecule has 0 saturated heterocycles. The van der Waals surface area contributed by atoms with Gasteiger partial charge in [-0.1, -0.05) is 56.3 Å². The van der Waals surface area contributed by atoms with Gasteiger partial charge in [-0.05, 0) is 60.4 Å². The minimum atomic E-state index is -0.958. The number of nitrogens with zero attached hydrogens (tertiary/aromatic N) is 3. The topological polar surface area (TPSA) is 55.8 Å². The zero-order valence-electron chi connectivity index (χ0n) is 22.2. The van der Waals surface area contributed by atoms with Gasteiger partial charge in [-0.3, -0.25) is 0 Å². The predicted octanol–water partition coefficient (Wildman–Crippen LogP) is 3.94. The summed E-state index contributed by atoms with van der Waals surface area (Å²) in [7, 11) is 6.25. The van der Waals surface area contributed by atoms with Crippen molar-refractivity contribution < 1.29 is 10.2 Å². The van der Waals surface area contributed by atoms with Gasteiger partial charge in [-0.15, -0.1) is 12.2 Å². The summed E-state index contributed by atoms with van der Waals surface area (Å²) in [6.45, 7) is 8.76. The Morgan fingerprint density at radius 2 is 1.36 bits per heavy atom. The third-order valence-electron chi connectivity index (χ3n) is 9.51. The molecule has 0 amide bonds. The van der Waals surface area contributed by atoms with Gasteiger partial charge >= 0.3 is 0 Å². The second-order valence-corrected chi connectivity index (χ2v) is 11.8. The molecule has 0 bridgehead atoms. The van der Waals surface area contributed by atoms with Crippen LogP contribution in [-0.4, -0.2) is 39.0 Å². The fourth-order valence-electron chi connectivity index (χ4n) is 6.79. The third kappa shape index (κ3) is 2.84. The van der Waals surface area contributed by atoms with Crippen molar-refractivity contribution in [2.45, 2.75) is 56.9 Å². The molecule has 2 atom stereocenters. The maximum absolute atomic E-state index is 13.7. The van der Waals surface area contributed by atoms with Gasteiger partial charge in [0.2, 0.25) is 0 Å². The normalized spacial score (nSPS) is 29.0. The standard InChI is InChI=1S/C31H35N3O2/c1-30(2)21-12-8-9-13-22(21)32(5)25(30)17-20-28(35)27(29(20)36)19-15-16-24-26-18(19)11-10-14-23(26)33(6)31(3,4)34(24)7/h8-17,20,27-29H,1-7H3/q-2. The quantitative estimate of drug-likeness (QED) is 0.555. The molecule has 0 radical (unpaired) electrons. The van der Waals surface area contributed by atoms with Crippen LogP contribution in [0.2, 0.25) is 0 Å². The third-order valence-corrected chi connectivity index (χ3v) is 9.51. The molecular formula is C31H35N3O2-2. The summed E-state index contributed by atoms with van der Waals surface area (Å²) >= 11 is 0. The van der Waals surface area contributed by atoms with Gasteiger partial charge in [0.15, 0.2) is 0 Å². The predicted molar refractivity (Wildman–Crippen MR) is 145 cm³/mol. The SMILES string of the molecule is CN1C(=CC2C([O-])C(c3ccc4c5c(cccc35)N(C)C(C)(C)N4C)C2[O-])C(C)(C)c2ccccc21. The van der Waals surface area contributed by atoms with Crippen LogP contribution in [0.1, 0.15) is 44.7 Å². The molecule has 1 saturated carbocycles. The molecule has 2 unspecified atom stereocenters. The molecule has 0 N–H and O–H groups in total. The first-order chi connectivity index (χ1) is 17.0. The lowest BCUT2D eigenvalue weighted by Gasteiger charge is -2.61. The maximum atomic E-state index is 13.7. The summed E-state index contributed by atoms with van der Waals surface area (Å²) in [6.07, 6.45) is 0.0713. The maximum Gasteiger partial charge on any atom is 0.106 e. The highest BCUT2D eigenvalue weighted by Crippen LogP contribution is 2.52. The number of para-hydroxylation sites is 1. The van der Waals surface area contributed by atoms with Crippen molar-refractivity contribution in [1.29, 1.82) is 0 Å². The van der Waals surface area contributed by atoms with Crippen LogP contribution in [-0.2, 0) is 5.41 Å². The van der Waals surface area contributed by atoms with E-state index < -0.39 is 24.0 Å². The van der Waals surface area contributed by atoms with Crippen molar-refractivity contribution in [2.24, 2.45) is 5.92 Å². The molecule has 5 heteroatoms. The van der Waals surface area contributed by atoms with E-state index in [1.54, 1.807) is 0 Å². The van der Waals surface area contributed by atoms with Crippen molar-refractivity contribution in [3.8, 4) is 0 Å². The number of hydrogen-bond acceptors (Lipinski definition) is 5. The Kier molecular flexibility index (Phi) is 4.87. The summed E-state index contributed by atoms with van der Waals surface area (Å²) in [6, 6.07) is 18.7. The molecule has 1 aliphatic carbocycles. The fraction of sp³-hybridized carbons (Fsp3) is 0.419. The lowest BCUT2D eigenvalue weighted by Crippen LogP contribution is -2.65. The first-order valence-electron chi connectivity index (χ1n) is 12.9. The monoisotopic (exact) mass is 481 g/mol. The number of likely N-dealkylation sites (N-methyl/N-ethyl adjacent to an activating group) is 1. The Morgan fingerprint density at radius 1 is 0.750 bits per heavy atom. The summed E-state index contributed by atoms with van der Waals surface area (Å²) in [5.74, 6) is -1.07. The zero-order valence-corrected chi connectivity index (χ0v) is 22.2. The Balaban J connectivity index is 1.38. The number of benzene rings is 3. The zero-order chi connectivity index (χ0) is 25.7. The van der Waals surface area contributed by atoms with Crippen molar-refractivity contribution in [3.63, 3.8) is 0 Å². The van der Waals surface area contributed by atoms with Gasteiger partial charge in [0.05, 0.1) is 0 Å². The van der Waals surface area contributed by atoms with E-state index in [0.717, 1.165) is 39.1 Å². The van der Waals surface area contributed by atoms with Crippen LogP contribution in [0.4, 0.5) is 17.1 Å². The number of fused-ring (bicyclic) bond motifs is 1. The van der Waals surface area contributed by atoms with E-state index in [9.17, 15) is 10.2 Å². The number of allylic oxidation sites excluding steroid dienone is 1. The summed E-state index contributed by atoms with van der Waals surface area (Å²) in [4.78, 5) is 6.70. The molecule has 3 aromatic carbocycles. The number of hydrogen-bond donors (Lipinski definition) is 0. The molecule has 5 nitrogen and oxygen atoms in total. The van der Waals surface area contributed by atoms with Crippen LogP contribution >= 0.6 is 0 Å². The van der Waals surface area contributed by atoms with Gasteiger partial charge < -0.3 is 24.9 Å². The smallest absolute Gasteiger partial charge is 0.106 e. The Labute approximate surface area is 214 Å². The van der Waals surface area contributed by atoms with Crippen molar-refractivity contribution in [2.75, 3.05) is 35.8 Å². The highest BCUT2D eigenvalue weighted by molar-refractivity contribution is 6.07. The molecule has 3 aliphatic rings. The minimum absolute atomic E-state index is 0.184. The van der Waals surface area contributed by atoms with E-state index in [2.05, 4.69) is 92.9 Å². The molecule has 6 rings (SSSR count). The van der Waals surface area contributed by atoms with Gasteiger partial charge in [-0.25, -0.2) is 0 Å². The van der Waals surface area contributed by atoms with Gasteiger partial charge in [0.1, 0.15) is 5.66 Å². The molecule has 0 aromatic heterocycles. The first-order valence-corrected chi connectivity index (χ1v) is 12.9. The summed E-state index contributed by atoms with van der Waals surface area (Å²) < 4.78 is 0. The van der Waals surface area contributed by atoms with E-state index in [1.165, 1.54) is 5.56 Å². The molecule has 1 fully saturated rings. The molecule has 2 heterocycles. The lowest BCUT2D eigenvalue weighted by molar-refractivity contribution is -0.542. The molecule has 36 heavy (non-hydrogen) atoms. The highest BCUT2D eigenvalue weighted by Gasteiger charge is 2.43. The Morgan fingerprint density at radius 3 is 2.03 bits per heavy atom. The second kappa shape index (κ2) is 7.50. The fourth-order valence-corrected chi connectivity index (χ4v) is 6.79. The van der Waals surface area contributed by atoms with Crippen molar-refractivity contribution >= 4 is 27.8 Å². The highest BCUT2D eigenvalue weighted by atomic mass is 16.3. The van der Waals surface area contributed by atoms with E-state index in [1.807, 2.05) is 31.3 Å². The molecule has 3 aromatic rings. The van der Waals surface area contributed by atoms with E-state index in [0.29, 0.717) is 0 Å². The van der Waals surface area contributed by atoms with E-state index >= 15 is 0 Å². The lowest BCUT2D eigenvalue weighted by atomic mass is 9.64. The molecule has 0 spiro atoms. The largest absolute Gasteiger partial charge is 0.851 e. The second-order valence-electron chi connectivity index (χ2n) is 11.8. The molecular weight excluding hydrogens is 446 g/mol. The van der Waals surface area contributed by atoms with Gasteiger partial charge in [0.25, 0.3) is 0 Å². The number of anilines is 3. The minimum Gasteiger partial charge on any atom is -0.851 e. The van der Waals surface area contributed by atoms with Crippen molar-refractivity contribution in [3.05, 3.63) is 77.5 Å². The van der Waals surface area contributed by atoms with Crippen LogP contribution in [0.25, 0.3) is 10.8 Å². The molecule has 2 aliphatic heterocycles. The molecule has 188 valence electrons. The van der Waals surface area contributed by atoms with Crippen LogP contribution < -0.4 is 24.9 Å². The summed E-state index contributed by atoms with van der Waals surface area (Å²) in [5, 5.41) is 29.5. The average molecular weight is 482 g/mol. The van der Waals surface area contributed by atoms with Crippen LogP contribution in [0.5, 0.6) is 0 Å². The van der Waals surface area contributed by atoms with Gasteiger partial charge in [0, 0.05) is 54.7 Å². The van der Waals surface area contributed by atoms with Crippen molar-refractivity contribution in [1.82, 2.24) is 0 Å². The average Bonchev–Trinajstić information content (AvgIpc) is 3.05. The van der Waals surface area contributed by atoms with Crippen LogP contribution in [0.15, 0.2) is 66.4 Å². The van der Waals surface area contributed by atoms with Gasteiger partial charge in [-0.2, -0.15) is 0 Å². The first kappa shape index (κ1) is 23.4. The van der Waals surface area contributed by atoms with E-state index in [-0.39, 0.29) is 11.1 Å². The van der Waals surface area contributed by atoms with Crippen LogP contribution in [0.3, 0.4) is 0 Å². The number of rotatable bonds is 2. The summed E-state index contributed by atoms with van der Waals surface area (Å²) in [5.41, 5.74) is 6.19. The van der Waals surface area contributed by atoms with E-state index in [4.69, 9.17) is 0 Å². The Hall–Kier alpha value is -3.02. The van der Waals surface area contributed by atoms with Crippen LogP contribution in [0, 0.1) is 5.92 Å².